The molecule has 0 atom stereocenters. The van der Waals surface area contributed by atoms with Gasteiger partial charge in [0.25, 0.3) is 5.91 Å². The van der Waals surface area contributed by atoms with Gasteiger partial charge in [-0.15, -0.1) is 11.3 Å². The number of ether oxygens (including phenoxy) is 1. The number of halogens is 1. The number of carbonyl (C=O) groups is 1. The molecule has 1 amide bonds. The van der Waals surface area contributed by atoms with Crippen LogP contribution in [0.25, 0.3) is 10.6 Å². The van der Waals surface area contributed by atoms with E-state index in [1.165, 1.54) is 35.6 Å². The molecule has 0 saturated carbocycles. The lowest BCUT2D eigenvalue weighted by molar-refractivity contribution is 0.103. The summed E-state index contributed by atoms with van der Waals surface area (Å²) < 4.78 is 18.1. The van der Waals surface area contributed by atoms with E-state index >= 15 is 0 Å². The summed E-state index contributed by atoms with van der Waals surface area (Å²) in [5.74, 6) is 0.168. The Bertz CT molecular complexity index is 858. The van der Waals surface area contributed by atoms with Gasteiger partial charge in [0.15, 0.2) is 0 Å². The molecule has 3 aromatic rings. The number of rotatable bonds is 4. The van der Waals surface area contributed by atoms with Gasteiger partial charge in [-0.3, -0.25) is 4.79 Å². The van der Waals surface area contributed by atoms with Gasteiger partial charge in [-0.05, 0) is 55.5 Å². The second kappa shape index (κ2) is 6.80. The lowest BCUT2D eigenvalue weighted by Gasteiger charge is -2.03. The van der Waals surface area contributed by atoms with E-state index in [-0.39, 0.29) is 11.7 Å². The van der Waals surface area contributed by atoms with Crippen molar-refractivity contribution < 1.29 is 13.9 Å². The van der Waals surface area contributed by atoms with Crippen molar-refractivity contribution in [2.45, 2.75) is 6.92 Å². The van der Waals surface area contributed by atoms with Crippen molar-refractivity contribution in [3.05, 3.63) is 64.9 Å². The van der Waals surface area contributed by atoms with E-state index in [9.17, 15) is 9.18 Å². The largest absolute Gasteiger partial charge is 0.497 e. The molecular weight excluding hydrogens is 327 g/mol. The van der Waals surface area contributed by atoms with Crippen LogP contribution in [-0.2, 0) is 0 Å². The molecule has 4 nitrogen and oxygen atoms in total. The molecule has 0 bridgehead atoms. The van der Waals surface area contributed by atoms with E-state index in [0.717, 1.165) is 16.3 Å². The van der Waals surface area contributed by atoms with Gasteiger partial charge < -0.3 is 10.1 Å². The summed E-state index contributed by atoms with van der Waals surface area (Å²) in [6, 6.07) is 13.2. The van der Waals surface area contributed by atoms with Crippen LogP contribution >= 0.6 is 11.3 Å². The van der Waals surface area contributed by atoms with Gasteiger partial charge in [0, 0.05) is 11.3 Å². The lowest BCUT2D eigenvalue weighted by Crippen LogP contribution is -2.11. The summed E-state index contributed by atoms with van der Waals surface area (Å²) in [6.07, 6.45) is 0. The molecule has 0 spiro atoms. The maximum absolute atomic E-state index is 12.9. The molecule has 0 saturated heterocycles. The summed E-state index contributed by atoms with van der Waals surface area (Å²) in [6.45, 7) is 1.79. The maximum Gasteiger partial charge on any atom is 0.267 e. The van der Waals surface area contributed by atoms with Gasteiger partial charge in [-0.25, -0.2) is 9.37 Å². The molecular formula is C18H15FN2O2S. The minimum absolute atomic E-state index is 0.253. The molecule has 24 heavy (non-hydrogen) atoms. The highest BCUT2D eigenvalue weighted by Gasteiger charge is 2.16. The first-order valence-corrected chi connectivity index (χ1v) is 8.07. The van der Waals surface area contributed by atoms with Crippen molar-refractivity contribution in [3.63, 3.8) is 0 Å². The number of thiazole rings is 1. The first-order chi connectivity index (χ1) is 11.6. The molecule has 1 aromatic heterocycles. The summed E-state index contributed by atoms with van der Waals surface area (Å²) in [4.78, 5) is 17.4. The number of anilines is 1. The number of nitrogens with one attached hydrogen (secondary N) is 1. The Morgan fingerprint density at radius 2 is 1.79 bits per heavy atom. The van der Waals surface area contributed by atoms with Gasteiger partial charge in [0.1, 0.15) is 21.5 Å². The van der Waals surface area contributed by atoms with Gasteiger partial charge in [0.2, 0.25) is 0 Å². The summed E-state index contributed by atoms with van der Waals surface area (Å²) in [5.41, 5.74) is 2.12. The number of aryl methyl sites for hydroxylation is 1. The molecule has 1 heterocycles. The minimum Gasteiger partial charge on any atom is -0.497 e. The van der Waals surface area contributed by atoms with Crippen molar-refractivity contribution in [3.8, 4) is 16.3 Å². The molecule has 122 valence electrons. The van der Waals surface area contributed by atoms with E-state index in [2.05, 4.69) is 10.3 Å². The number of benzene rings is 2. The quantitative estimate of drug-likeness (QED) is 0.758. The van der Waals surface area contributed by atoms with Crippen LogP contribution in [0.1, 0.15) is 15.4 Å². The second-order valence-corrected chi connectivity index (χ2v) is 6.12. The smallest absolute Gasteiger partial charge is 0.267 e. The Hall–Kier alpha value is -2.73. The van der Waals surface area contributed by atoms with Crippen LogP contribution in [0.3, 0.4) is 0 Å². The third-order valence-electron chi connectivity index (χ3n) is 3.44. The van der Waals surface area contributed by atoms with Gasteiger partial charge in [-0.2, -0.15) is 0 Å². The Labute approximate surface area is 142 Å². The van der Waals surface area contributed by atoms with Crippen molar-refractivity contribution in [1.82, 2.24) is 4.98 Å². The fourth-order valence-electron chi connectivity index (χ4n) is 2.19. The highest BCUT2D eigenvalue weighted by Crippen LogP contribution is 2.29. The third kappa shape index (κ3) is 3.44. The van der Waals surface area contributed by atoms with Gasteiger partial charge in [0.05, 0.1) is 12.8 Å². The lowest BCUT2D eigenvalue weighted by atomic mass is 10.2. The predicted octanol–water partition coefficient (Wildman–Crippen LogP) is 4.52. The Morgan fingerprint density at radius 1 is 1.12 bits per heavy atom. The topological polar surface area (TPSA) is 51.2 Å². The van der Waals surface area contributed by atoms with Crippen LogP contribution in [0.2, 0.25) is 0 Å². The van der Waals surface area contributed by atoms with Crippen molar-refractivity contribution >= 4 is 22.9 Å². The molecule has 1 N–H and O–H groups in total. The summed E-state index contributed by atoms with van der Waals surface area (Å²) >= 11 is 1.32. The Kier molecular flexibility index (Phi) is 4.57. The average Bonchev–Trinajstić information content (AvgIpc) is 2.99. The van der Waals surface area contributed by atoms with Gasteiger partial charge in [-0.1, -0.05) is 0 Å². The zero-order valence-corrected chi connectivity index (χ0v) is 14.0. The van der Waals surface area contributed by atoms with Crippen LogP contribution in [0.4, 0.5) is 10.1 Å². The molecule has 0 radical (unpaired) electrons. The van der Waals surface area contributed by atoms with Crippen LogP contribution in [0.15, 0.2) is 48.5 Å². The molecule has 2 aromatic carbocycles. The SMILES string of the molecule is COc1ccc(-c2nc(C)c(C(=O)Nc3ccc(F)cc3)s2)cc1. The van der Waals surface area contributed by atoms with Gasteiger partial charge >= 0.3 is 0 Å². The maximum atomic E-state index is 12.9. The van der Waals surface area contributed by atoms with E-state index in [1.54, 1.807) is 14.0 Å². The van der Waals surface area contributed by atoms with Crippen molar-refractivity contribution in [1.29, 1.82) is 0 Å². The van der Waals surface area contributed by atoms with Crippen LogP contribution < -0.4 is 10.1 Å². The monoisotopic (exact) mass is 342 g/mol. The number of carbonyl (C=O) groups excluding carboxylic acids is 1. The number of hydrogen-bond acceptors (Lipinski definition) is 4. The molecule has 0 aliphatic rings. The molecule has 0 aliphatic carbocycles. The molecule has 0 fully saturated rings. The van der Waals surface area contributed by atoms with Crippen LogP contribution in [0.5, 0.6) is 5.75 Å². The molecule has 3 rings (SSSR count). The first kappa shape index (κ1) is 16.1. The molecule has 0 aliphatic heterocycles. The van der Waals surface area contributed by atoms with Crippen LogP contribution in [-0.4, -0.2) is 18.0 Å². The summed E-state index contributed by atoms with van der Waals surface area (Å²) in [5, 5.41) is 3.52. The zero-order valence-electron chi connectivity index (χ0n) is 13.2. The Balaban J connectivity index is 1.82. The Morgan fingerprint density at radius 3 is 2.42 bits per heavy atom. The van der Waals surface area contributed by atoms with E-state index in [0.29, 0.717) is 16.3 Å². The molecule has 0 unspecified atom stereocenters. The average molecular weight is 342 g/mol. The van der Waals surface area contributed by atoms with E-state index in [1.807, 2.05) is 24.3 Å². The first-order valence-electron chi connectivity index (χ1n) is 7.25. The fraction of sp³-hybridized carbons (Fsp3) is 0.111. The van der Waals surface area contributed by atoms with Crippen molar-refractivity contribution in [2.75, 3.05) is 12.4 Å². The fourth-order valence-corrected chi connectivity index (χ4v) is 3.15. The second-order valence-electron chi connectivity index (χ2n) is 5.12. The van der Waals surface area contributed by atoms with Crippen LogP contribution in [0, 0.1) is 12.7 Å². The number of hydrogen-bond donors (Lipinski definition) is 1. The number of amides is 1. The predicted molar refractivity (Wildman–Crippen MR) is 93.2 cm³/mol. The molecule has 6 heteroatoms. The highest BCUT2D eigenvalue weighted by atomic mass is 32.1. The number of nitrogens with zero attached hydrogens (tertiary/aromatic N) is 1. The third-order valence-corrected chi connectivity index (χ3v) is 4.65. The van der Waals surface area contributed by atoms with E-state index in [4.69, 9.17) is 4.74 Å². The number of methoxy groups -OCH3 is 1. The summed E-state index contributed by atoms with van der Waals surface area (Å²) in [7, 11) is 1.61. The van der Waals surface area contributed by atoms with Crippen molar-refractivity contribution in [2.24, 2.45) is 0 Å². The minimum atomic E-state index is -0.344. The normalized spacial score (nSPS) is 10.5. The zero-order chi connectivity index (χ0) is 17.1. The standard InChI is InChI=1S/C18H15FN2O2S/c1-11-16(17(22)21-14-7-5-13(19)6-8-14)24-18(20-11)12-3-9-15(23-2)10-4-12/h3-10H,1-2H3,(H,21,22). The van der Waals surface area contributed by atoms with E-state index < -0.39 is 0 Å². The highest BCUT2D eigenvalue weighted by molar-refractivity contribution is 7.17. The number of aromatic nitrogens is 1.